The van der Waals surface area contributed by atoms with E-state index in [1.807, 2.05) is 31.2 Å². The molecule has 98 valence electrons. The molecule has 0 aromatic heterocycles. The summed E-state index contributed by atoms with van der Waals surface area (Å²) >= 11 is 0. The number of hydrogen-bond acceptors (Lipinski definition) is 4. The largest absolute Gasteiger partial charge is 0.387 e. The number of likely N-dealkylation sites (tertiary alicyclic amines) is 1. The zero-order chi connectivity index (χ0) is 13.3. The van der Waals surface area contributed by atoms with Crippen LogP contribution in [0.25, 0.3) is 0 Å². The van der Waals surface area contributed by atoms with Crippen molar-refractivity contribution in [3.63, 3.8) is 0 Å². The average Bonchev–Trinajstić information content (AvgIpc) is 2.98. The maximum absolute atomic E-state index is 8.79. The third-order valence-corrected chi connectivity index (χ3v) is 3.86. The molecule has 1 aromatic carbocycles. The predicted octanol–water partition coefficient (Wildman–Crippen LogP) is 2.30. The minimum Gasteiger partial charge on any atom is -0.387 e. The van der Waals surface area contributed by atoms with Gasteiger partial charge in [-0.25, -0.2) is 0 Å². The standard InChI is InChI=1S/C15H17N3O/c1-12-8-15(19-17-12)6-7-18(11-15)10-14-4-2-13(9-16)3-5-14/h2-5H,6-8,10-11H2,1H3. The normalized spacial score (nSPS) is 26.2. The minimum atomic E-state index is -0.0727. The first-order chi connectivity index (χ1) is 9.19. The topological polar surface area (TPSA) is 48.6 Å². The second-order valence-corrected chi connectivity index (χ2v) is 5.55. The molecule has 2 heterocycles. The summed E-state index contributed by atoms with van der Waals surface area (Å²) in [5.74, 6) is 0. The highest BCUT2D eigenvalue weighted by Crippen LogP contribution is 2.34. The van der Waals surface area contributed by atoms with Crippen molar-refractivity contribution in [2.24, 2.45) is 5.16 Å². The van der Waals surface area contributed by atoms with Crippen LogP contribution in [0.1, 0.15) is 30.9 Å². The Morgan fingerprint density at radius 1 is 1.42 bits per heavy atom. The third-order valence-electron chi connectivity index (χ3n) is 3.86. The second-order valence-electron chi connectivity index (χ2n) is 5.55. The Kier molecular flexibility index (Phi) is 3.00. The van der Waals surface area contributed by atoms with Crippen LogP contribution < -0.4 is 0 Å². The molecule has 1 unspecified atom stereocenters. The quantitative estimate of drug-likeness (QED) is 0.814. The fraction of sp³-hybridized carbons (Fsp3) is 0.467. The molecular weight excluding hydrogens is 238 g/mol. The third kappa shape index (κ3) is 2.47. The van der Waals surface area contributed by atoms with Crippen molar-refractivity contribution >= 4 is 5.71 Å². The molecule has 4 nitrogen and oxygen atoms in total. The zero-order valence-electron chi connectivity index (χ0n) is 11.1. The Bertz CT molecular complexity index is 544. The SMILES string of the molecule is CC1=NOC2(CCN(Cc3ccc(C#N)cc3)C2)C1. The Hall–Kier alpha value is -1.86. The Labute approximate surface area is 113 Å². The van der Waals surface area contributed by atoms with Crippen LogP contribution in [0.4, 0.5) is 0 Å². The van der Waals surface area contributed by atoms with E-state index in [0.717, 1.165) is 38.2 Å². The van der Waals surface area contributed by atoms with E-state index in [-0.39, 0.29) is 5.60 Å². The molecule has 0 N–H and O–H groups in total. The number of nitriles is 1. The van der Waals surface area contributed by atoms with Gasteiger partial charge in [-0.3, -0.25) is 4.90 Å². The van der Waals surface area contributed by atoms with Crippen molar-refractivity contribution in [3.05, 3.63) is 35.4 Å². The van der Waals surface area contributed by atoms with Gasteiger partial charge in [0.1, 0.15) is 0 Å². The highest BCUT2D eigenvalue weighted by molar-refractivity contribution is 5.83. The van der Waals surface area contributed by atoms with Crippen molar-refractivity contribution in [1.82, 2.24) is 4.90 Å². The number of nitrogens with zero attached hydrogens (tertiary/aromatic N) is 3. The van der Waals surface area contributed by atoms with Crippen LogP contribution in [0.2, 0.25) is 0 Å². The minimum absolute atomic E-state index is 0.0727. The van der Waals surface area contributed by atoms with Gasteiger partial charge in [-0.05, 0) is 24.6 Å². The summed E-state index contributed by atoms with van der Waals surface area (Å²) in [7, 11) is 0. The van der Waals surface area contributed by atoms with Gasteiger partial charge in [0.2, 0.25) is 0 Å². The van der Waals surface area contributed by atoms with E-state index in [1.54, 1.807) is 0 Å². The van der Waals surface area contributed by atoms with E-state index in [0.29, 0.717) is 5.56 Å². The zero-order valence-corrected chi connectivity index (χ0v) is 11.1. The van der Waals surface area contributed by atoms with Gasteiger partial charge in [-0.2, -0.15) is 5.26 Å². The highest BCUT2D eigenvalue weighted by Gasteiger charge is 2.43. The Balaban J connectivity index is 1.61. The van der Waals surface area contributed by atoms with E-state index in [9.17, 15) is 0 Å². The van der Waals surface area contributed by atoms with E-state index >= 15 is 0 Å². The Morgan fingerprint density at radius 3 is 2.84 bits per heavy atom. The summed E-state index contributed by atoms with van der Waals surface area (Å²) in [5, 5.41) is 12.9. The van der Waals surface area contributed by atoms with Gasteiger partial charge >= 0.3 is 0 Å². The first kappa shape index (κ1) is 12.2. The molecule has 4 heteroatoms. The smallest absolute Gasteiger partial charge is 0.156 e. The van der Waals surface area contributed by atoms with Crippen LogP contribution in [-0.2, 0) is 11.4 Å². The molecule has 3 rings (SSSR count). The van der Waals surface area contributed by atoms with Crippen LogP contribution in [0.5, 0.6) is 0 Å². The molecule has 0 amide bonds. The predicted molar refractivity (Wildman–Crippen MR) is 72.6 cm³/mol. The van der Waals surface area contributed by atoms with Gasteiger partial charge in [-0.1, -0.05) is 17.3 Å². The molecule has 1 atom stereocenters. The first-order valence-electron chi connectivity index (χ1n) is 6.62. The maximum atomic E-state index is 8.79. The molecule has 19 heavy (non-hydrogen) atoms. The maximum Gasteiger partial charge on any atom is 0.156 e. The molecule has 0 saturated carbocycles. The van der Waals surface area contributed by atoms with Gasteiger partial charge in [-0.15, -0.1) is 0 Å². The summed E-state index contributed by atoms with van der Waals surface area (Å²) in [6.45, 7) is 4.92. The first-order valence-corrected chi connectivity index (χ1v) is 6.62. The van der Waals surface area contributed by atoms with E-state index in [1.165, 1.54) is 5.56 Å². The fourth-order valence-electron chi connectivity index (χ4n) is 2.93. The summed E-state index contributed by atoms with van der Waals surface area (Å²) in [6.07, 6.45) is 2.00. The van der Waals surface area contributed by atoms with Gasteiger partial charge in [0.05, 0.1) is 17.3 Å². The monoisotopic (exact) mass is 255 g/mol. The number of benzene rings is 1. The van der Waals surface area contributed by atoms with E-state index in [2.05, 4.69) is 16.1 Å². The lowest BCUT2D eigenvalue weighted by Gasteiger charge is -2.21. The van der Waals surface area contributed by atoms with Crippen molar-refractivity contribution in [3.8, 4) is 6.07 Å². The van der Waals surface area contributed by atoms with Gasteiger partial charge in [0.15, 0.2) is 5.60 Å². The molecule has 0 aliphatic carbocycles. The van der Waals surface area contributed by atoms with Crippen LogP contribution >= 0.6 is 0 Å². The molecule has 2 aliphatic heterocycles. The van der Waals surface area contributed by atoms with Crippen LogP contribution in [0.15, 0.2) is 29.4 Å². The van der Waals surface area contributed by atoms with Crippen molar-refractivity contribution in [1.29, 1.82) is 5.26 Å². The molecule has 0 bridgehead atoms. The van der Waals surface area contributed by atoms with Crippen LogP contribution in [0.3, 0.4) is 0 Å². The summed E-state index contributed by atoms with van der Waals surface area (Å²) in [4.78, 5) is 8.02. The molecule has 1 fully saturated rings. The molecular formula is C15H17N3O. The summed E-state index contributed by atoms with van der Waals surface area (Å²) in [5.41, 5.74) is 2.98. The fourth-order valence-corrected chi connectivity index (χ4v) is 2.93. The molecule has 0 radical (unpaired) electrons. The molecule has 2 aliphatic rings. The lowest BCUT2D eigenvalue weighted by atomic mass is 9.97. The van der Waals surface area contributed by atoms with Crippen LogP contribution in [-0.4, -0.2) is 29.3 Å². The molecule has 1 saturated heterocycles. The molecule has 1 aromatic rings. The number of hydrogen-bond donors (Lipinski definition) is 0. The lowest BCUT2D eigenvalue weighted by molar-refractivity contribution is -0.0104. The Morgan fingerprint density at radius 2 is 2.21 bits per heavy atom. The summed E-state index contributed by atoms with van der Waals surface area (Å²) < 4.78 is 0. The van der Waals surface area contributed by atoms with Crippen LogP contribution in [0, 0.1) is 11.3 Å². The van der Waals surface area contributed by atoms with Crippen molar-refractivity contribution in [2.45, 2.75) is 31.9 Å². The summed E-state index contributed by atoms with van der Waals surface area (Å²) in [6, 6.07) is 9.95. The number of rotatable bonds is 2. The average molecular weight is 255 g/mol. The van der Waals surface area contributed by atoms with Gasteiger partial charge in [0, 0.05) is 32.5 Å². The van der Waals surface area contributed by atoms with Gasteiger partial charge < -0.3 is 4.84 Å². The van der Waals surface area contributed by atoms with Crippen molar-refractivity contribution < 1.29 is 4.84 Å². The van der Waals surface area contributed by atoms with Crippen molar-refractivity contribution in [2.75, 3.05) is 13.1 Å². The van der Waals surface area contributed by atoms with Gasteiger partial charge in [0.25, 0.3) is 0 Å². The van der Waals surface area contributed by atoms with E-state index < -0.39 is 0 Å². The lowest BCUT2D eigenvalue weighted by Crippen LogP contribution is -2.33. The second kappa shape index (κ2) is 4.67. The van der Waals surface area contributed by atoms with E-state index in [4.69, 9.17) is 10.1 Å². The highest BCUT2D eigenvalue weighted by atomic mass is 16.7. The number of oxime groups is 1. The molecule has 1 spiro atoms.